The first-order valence-electron chi connectivity index (χ1n) is 12.5. The third kappa shape index (κ3) is 4.82. The van der Waals surface area contributed by atoms with Crippen LogP contribution in [0.2, 0.25) is 0 Å². The molecule has 0 aliphatic heterocycles. The standard InChI is InChI=1S/C30H27N5O4/c1-19(2)25-17-26(20(3)16-28(25)39-4)29-32-27-10-6-5-9-24(27)30(36)34(29)31-18-23-8-7-15-33(23)21-11-13-22(14-12-21)35(37)38/h5-19H,1-4H3. The molecule has 0 aliphatic carbocycles. The molecule has 0 radical (unpaired) electrons. The van der Waals surface area contributed by atoms with Crippen molar-refractivity contribution in [1.82, 2.24) is 14.2 Å². The summed E-state index contributed by atoms with van der Waals surface area (Å²) in [6.45, 7) is 6.13. The van der Waals surface area contributed by atoms with E-state index < -0.39 is 4.92 Å². The van der Waals surface area contributed by atoms with Crippen LogP contribution in [0.25, 0.3) is 28.0 Å². The van der Waals surface area contributed by atoms with Crippen LogP contribution in [0.15, 0.2) is 88.9 Å². The molecule has 0 spiro atoms. The molecule has 0 amide bonds. The number of nitro groups is 1. The van der Waals surface area contributed by atoms with E-state index in [1.807, 2.05) is 54.1 Å². The van der Waals surface area contributed by atoms with Gasteiger partial charge in [-0.1, -0.05) is 26.0 Å². The van der Waals surface area contributed by atoms with Crippen molar-refractivity contribution >= 4 is 22.8 Å². The quantitative estimate of drug-likeness (QED) is 0.147. The lowest BCUT2D eigenvalue weighted by molar-refractivity contribution is -0.384. The van der Waals surface area contributed by atoms with E-state index in [-0.39, 0.29) is 17.2 Å². The van der Waals surface area contributed by atoms with Gasteiger partial charge in [0.1, 0.15) is 5.75 Å². The maximum atomic E-state index is 13.7. The average Bonchev–Trinajstić information content (AvgIpc) is 3.41. The molecule has 0 N–H and O–H groups in total. The van der Waals surface area contributed by atoms with E-state index in [2.05, 4.69) is 18.9 Å². The van der Waals surface area contributed by atoms with Gasteiger partial charge in [-0.15, -0.1) is 0 Å². The highest BCUT2D eigenvalue weighted by molar-refractivity contribution is 5.82. The lowest BCUT2D eigenvalue weighted by atomic mass is 9.96. The summed E-state index contributed by atoms with van der Waals surface area (Å²) >= 11 is 0. The molecule has 2 heterocycles. The predicted molar refractivity (Wildman–Crippen MR) is 152 cm³/mol. The van der Waals surface area contributed by atoms with Gasteiger partial charge >= 0.3 is 0 Å². The number of aromatic nitrogens is 3. The molecule has 0 saturated carbocycles. The van der Waals surface area contributed by atoms with E-state index >= 15 is 0 Å². The van der Waals surface area contributed by atoms with Gasteiger partial charge in [-0.2, -0.15) is 9.78 Å². The van der Waals surface area contributed by atoms with Crippen LogP contribution < -0.4 is 10.3 Å². The smallest absolute Gasteiger partial charge is 0.282 e. The first kappa shape index (κ1) is 25.6. The molecular formula is C30H27N5O4. The second-order valence-corrected chi connectivity index (χ2v) is 9.45. The fourth-order valence-corrected chi connectivity index (χ4v) is 4.56. The summed E-state index contributed by atoms with van der Waals surface area (Å²) in [6, 6.07) is 21.1. The zero-order chi connectivity index (χ0) is 27.7. The van der Waals surface area contributed by atoms with Gasteiger partial charge < -0.3 is 9.30 Å². The van der Waals surface area contributed by atoms with Crippen LogP contribution in [-0.2, 0) is 0 Å². The number of fused-ring (bicyclic) bond motifs is 1. The van der Waals surface area contributed by atoms with Crippen LogP contribution in [0.3, 0.4) is 0 Å². The topological polar surface area (TPSA) is 105 Å². The predicted octanol–water partition coefficient (Wildman–Crippen LogP) is 6.09. The van der Waals surface area contributed by atoms with E-state index in [9.17, 15) is 14.9 Å². The highest BCUT2D eigenvalue weighted by Crippen LogP contribution is 2.34. The van der Waals surface area contributed by atoms with Gasteiger partial charge in [-0.05, 0) is 72.5 Å². The summed E-state index contributed by atoms with van der Waals surface area (Å²) in [5.41, 5.74) is 4.40. The largest absolute Gasteiger partial charge is 0.496 e. The van der Waals surface area contributed by atoms with E-state index in [1.165, 1.54) is 16.8 Å². The number of para-hydroxylation sites is 1. The Morgan fingerprint density at radius 3 is 2.49 bits per heavy atom. The first-order chi connectivity index (χ1) is 18.8. The fourth-order valence-electron chi connectivity index (χ4n) is 4.56. The average molecular weight is 522 g/mol. The number of non-ortho nitro benzene ring substituents is 1. The molecule has 3 aromatic carbocycles. The molecule has 196 valence electrons. The summed E-state index contributed by atoms with van der Waals surface area (Å²) < 4.78 is 8.78. The maximum Gasteiger partial charge on any atom is 0.282 e. The lowest BCUT2D eigenvalue weighted by Gasteiger charge is -2.17. The molecule has 0 saturated heterocycles. The number of ether oxygens (including phenoxy) is 1. The number of methoxy groups -OCH3 is 1. The van der Waals surface area contributed by atoms with Gasteiger partial charge in [0.2, 0.25) is 0 Å². The van der Waals surface area contributed by atoms with Crippen molar-refractivity contribution in [2.24, 2.45) is 5.10 Å². The van der Waals surface area contributed by atoms with E-state index in [4.69, 9.17) is 9.72 Å². The Balaban J connectivity index is 1.67. The van der Waals surface area contributed by atoms with Crippen molar-refractivity contribution in [2.75, 3.05) is 7.11 Å². The molecule has 2 aromatic heterocycles. The first-order valence-corrected chi connectivity index (χ1v) is 12.5. The maximum absolute atomic E-state index is 13.7. The highest BCUT2D eigenvalue weighted by atomic mass is 16.6. The summed E-state index contributed by atoms with van der Waals surface area (Å²) in [5, 5.41) is 16.1. The van der Waals surface area contributed by atoms with Crippen LogP contribution >= 0.6 is 0 Å². The van der Waals surface area contributed by atoms with Gasteiger partial charge in [-0.25, -0.2) is 4.98 Å². The van der Waals surface area contributed by atoms with Crippen LogP contribution in [0.1, 0.15) is 36.6 Å². The summed E-state index contributed by atoms with van der Waals surface area (Å²) in [7, 11) is 1.65. The molecule has 0 bridgehead atoms. The molecule has 5 aromatic rings. The number of hydrogen-bond donors (Lipinski definition) is 0. The minimum Gasteiger partial charge on any atom is -0.496 e. The number of rotatable bonds is 7. The molecule has 9 heteroatoms. The van der Waals surface area contributed by atoms with Crippen molar-refractivity contribution in [3.05, 3.63) is 116 Å². The third-order valence-electron chi connectivity index (χ3n) is 6.62. The Bertz CT molecular complexity index is 1780. The lowest BCUT2D eigenvalue weighted by Crippen LogP contribution is -2.21. The van der Waals surface area contributed by atoms with Crippen LogP contribution in [-0.4, -0.2) is 32.5 Å². The molecular weight excluding hydrogens is 494 g/mol. The van der Waals surface area contributed by atoms with Crippen molar-refractivity contribution in [3.8, 4) is 22.8 Å². The molecule has 0 aliphatic rings. The van der Waals surface area contributed by atoms with E-state index in [1.54, 1.807) is 37.6 Å². The van der Waals surface area contributed by atoms with Crippen molar-refractivity contribution in [2.45, 2.75) is 26.7 Å². The molecule has 0 atom stereocenters. The second-order valence-electron chi connectivity index (χ2n) is 9.45. The zero-order valence-corrected chi connectivity index (χ0v) is 22.0. The van der Waals surface area contributed by atoms with E-state index in [0.29, 0.717) is 22.4 Å². The number of aryl methyl sites for hydroxylation is 1. The van der Waals surface area contributed by atoms with Crippen molar-refractivity contribution in [1.29, 1.82) is 0 Å². The minimum atomic E-state index is -0.436. The SMILES string of the molecule is COc1cc(C)c(-c2nc3ccccc3c(=O)n2N=Cc2cccn2-c2ccc([N+](=O)[O-])cc2)cc1C(C)C. The monoisotopic (exact) mass is 521 g/mol. The zero-order valence-electron chi connectivity index (χ0n) is 22.0. The van der Waals surface area contributed by atoms with E-state index in [0.717, 1.165) is 28.1 Å². The van der Waals surface area contributed by atoms with Gasteiger partial charge in [0.15, 0.2) is 5.82 Å². The highest BCUT2D eigenvalue weighted by Gasteiger charge is 2.18. The summed E-state index contributed by atoms with van der Waals surface area (Å²) in [4.78, 5) is 29.2. The fraction of sp³-hybridized carbons (Fsp3) is 0.167. The molecule has 5 rings (SSSR count). The van der Waals surface area contributed by atoms with Gasteiger partial charge in [0.05, 0.1) is 34.8 Å². The normalized spacial score (nSPS) is 11.5. The summed E-state index contributed by atoms with van der Waals surface area (Å²) in [5.74, 6) is 1.39. The van der Waals surface area contributed by atoms with Gasteiger partial charge in [-0.3, -0.25) is 14.9 Å². The van der Waals surface area contributed by atoms with Gasteiger partial charge in [0, 0.05) is 29.6 Å². The number of benzene rings is 3. The number of nitrogens with zero attached hydrogens (tertiary/aromatic N) is 5. The second kappa shape index (κ2) is 10.4. The summed E-state index contributed by atoms with van der Waals surface area (Å²) in [6.07, 6.45) is 3.42. The molecule has 0 fully saturated rings. The van der Waals surface area contributed by atoms with Crippen molar-refractivity contribution in [3.63, 3.8) is 0 Å². The van der Waals surface area contributed by atoms with Crippen LogP contribution in [0.5, 0.6) is 5.75 Å². The number of nitro benzene ring substituents is 1. The molecule has 9 nitrogen and oxygen atoms in total. The van der Waals surface area contributed by atoms with Crippen molar-refractivity contribution < 1.29 is 9.66 Å². The molecule has 39 heavy (non-hydrogen) atoms. The molecule has 0 unspecified atom stereocenters. The van der Waals surface area contributed by atoms with Crippen LogP contribution in [0.4, 0.5) is 5.69 Å². The Morgan fingerprint density at radius 1 is 1.05 bits per heavy atom. The van der Waals surface area contributed by atoms with Gasteiger partial charge in [0.25, 0.3) is 11.2 Å². The number of hydrogen-bond acceptors (Lipinski definition) is 6. The Kier molecular flexibility index (Phi) is 6.81. The Labute approximate surface area is 224 Å². The van der Waals surface area contributed by atoms with Crippen LogP contribution in [0, 0.1) is 17.0 Å². The Hall–Kier alpha value is -5.05. The Morgan fingerprint density at radius 2 is 1.79 bits per heavy atom. The minimum absolute atomic E-state index is 0.00943. The third-order valence-corrected chi connectivity index (χ3v) is 6.62.